The summed E-state index contributed by atoms with van der Waals surface area (Å²) >= 11 is 1.69. The number of benzene rings is 1. The Hall–Kier alpha value is -1.05. The molecule has 2 aromatic rings. The number of nitrogens with one attached hydrogen (secondary N) is 1. The number of likely N-dealkylation sites (tertiary alicyclic amines) is 1. The van der Waals surface area contributed by atoms with Crippen molar-refractivity contribution in [1.82, 2.24) is 15.2 Å². The first-order valence-corrected chi connectivity index (χ1v) is 9.76. The molecule has 0 aliphatic carbocycles. The van der Waals surface area contributed by atoms with Crippen LogP contribution in [0.5, 0.6) is 11.5 Å². The fraction of sp³-hybridized carbons (Fsp3) is 0.526. The standard InChI is InChI=1S/C19H27N3O2S.2ClH/c1-4-24-17-8-7-14(10-18(17)23-3)19-21-16(13-25-19)12-22-9-5-6-15(11-22)20-2;;/h7-8,10,13,15,20H,4-6,9,11-12H2,1-3H3;2*1H. The Bertz CT molecular complexity index is 699. The molecule has 1 N–H and O–H groups in total. The summed E-state index contributed by atoms with van der Waals surface area (Å²) in [7, 11) is 3.72. The molecule has 5 nitrogen and oxygen atoms in total. The first kappa shape index (κ1) is 24.0. The molecule has 1 aliphatic heterocycles. The predicted molar refractivity (Wildman–Crippen MR) is 117 cm³/mol. The molecular formula is C19H29Cl2N3O2S. The SMILES string of the molecule is CCOc1ccc(-c2nc(CN3CCCC(NC)C3)cs2)cc1OC.Cl.Cl. The van der Waals surface area contributed by atoms with E-state index in [0.717, 1.165) is 47.4 Å². The van der Waals surface area contributed by atoms with Gasteiger partial charge in [0.2, 0.25) is 0 Å². The molecule has 1 saturated heterocycles. The summed E-state index contributed by atoms with van der Waals surface area (Å²) in [6.45, 7) is 5.77. The van der Waals surface area contributed by atoms with Crippen LogP contribution in [0.2, 0.25) is 0 Å². The number of halogens is 2. The minimum atomic E-state index is 0. The van der Waals surface area contributed by atoms with Crippen LogP contribution < -0.4 is 14.8 Å². The van der Waals surface area contributed by atoms with Gasteiger partial charge in [-0.3, -0.25) is 4.90 Å². The number of ether oxygens (including phenoxy) is 2. The van der Waals surface area contributed by atoms with E-state index in [-0.39, 0.29) is 24.8 Å². The lowest BCUT2D eigenvalue weighted by molar-refractivity contribution is 0.186. The van der Waals surface area contributed by atoms with E-state index in [9.17, 15) is 0 Å². The molecule has 0 spiro atoms. The number of nitrogens with zero attached hydrogens (tertiary/aromatic N) is 2. The van der Waals surface area contributed by atoms with Crippen LogP contribution in [0.15, 0.2) is 23.6 Å². The molecule has 8 heteroatoms. The molecule has 1 fully saturated rings. The van der Waals surface area contributed by atoms with Crippen LogP contribution >= 0.6 is 36.2 Å². The molecule has 0 amide bonds. The van der Waals surface area contributed by atoms with Crippen molar-refractivity contribution in [3.05, 3.63) is 29.3 Å². The van der Waals surface area contributed by atoms with Crippen molar-refractivity contribution in [2.45, 2.75) is 32.4 Å². The van der Waals surface area contributed by atoms with Crippen LogP contribution in [-0.2, 0) is 6.54 Å². The van der Waals surface area contributed by atoms with E-state index < -0.39 is 0 Å². The zero-order valence-electron chi connectivity index (χ0n) is 16.1. The molecule has 0 saturated carbocycles. The van der Waals surface area contributed by atoms with E-state index in [1.165, 1.54) is 12.8 Å². The van der Waals surface area contributed by atoms with Crippen LogP contribution in [0.25, 0.3) is 10.6 Å². The number of hydrogen-bond acceptors (Lipinski definition) is 6. The van der Waals surface area contributed by atoms with Gasteiger partial charge in [-0.05, 0) is 51.6 Å². The third-order valence-corrected chi connectivity index (χ3v) is 5.50. The first-order valence-electron chi connectivity index (χ1n) is 8.88. The second kappa shape index (κ2) is 11.7. The van der Waals surface area contributed by atoms with Gasteiger partial charge in [0.1, 0.15) is 5.01 Å². The highest BCUT2D eigenvalue weighted by Gasteiger charge is 2.19. The Morgan fingerprint density at radius 1 is 1.30 bits per heavy atom. The van der Waals surface area contributed by atoms with Crippen LogP contribution in [0.4, 0.5) is 0 Å². The molecule has 2 heterocycles. The van der Waals surface area contributed by atoms with Crippen LogP contribution in [-0.4, -0.2) is 49.8 Å². The largest absolute Gasteiger partial charge is 0.493 e. The van der Waals surface area contributed by atoms with E-state index in [0.29, 0.717) is 12.6 Å². The van der Waals surface area contributed by atoms with Crippen LogP contribution in [0, 0.1) is 0 Å². The van der Waals surface area contributed by atoms with E-state index >= 15 is 0 Å². The fourth-order valence-electron chi connectivity index (χ4n) is 3.25. The molecule has 1 aromatic carbocycles. The zero-order valence-corrected chi connectivity index (χ0v) is 18.5. The van der Waals surface area contributed by atoms with E-state index in [1.807, 2.05) is 25.1 Å². The molecule has 0 radical (unpaired) electrons. The highest BCUT2D eigenvalue weighted by atomic mass is 35.5. The average Bonchev–Trinajstić information content (AvgIpc) is 3.11. The van der Waals surface area contributed by atoms with Gasteiger partial charge in [-0.1, -0.05) is 0 Å². The molecule has 1 aromatic heterocycles. The van der Waals surface area contributed by atoms with Crippen LogP contribution in [0.3, 0.4) is 0 Å². The fourth-order valence-corrected chi connectivity index (χ4v) is 4.06. The Kier molecular flexibility index (Phi) is 10.4. The normalized spacial score (nSPS) is 16.9. The summed E-state index contributed by atoms with van der Waals surface area (Å²) in [6, 6.07) is 6.61. The van der Waals surface area contributed by atoms with E-state index in [1.54, 1.807) is 18.4 Å². The van der Waals surface area contributed by atoms with Crippen LogP contribution in [0.1, 0.15) is 25.5 Å². The molecule has 1 aliphatic rings. The summed E-state index contributed by atoms with van der Waals surface area (Å²) in [6.07, 6.45) is 2.51. The van der Waals surface area contributed by atoms with Gasteiger partial charge in [-0.25, -0.2) is 4.98 Å². The number of methoxy groups -OCH3 is 1. The number of thiazole rings is 1. The van der Waals surface area contributed by atoms with E-state index in [4.69, 9.17) is 14.5 Å². The molecule has 0 bridgehead atoms. The van der Waals surface area contributed by atoms with Crippen molar-refractivity contribution in [3.63, 3.8) is 0 Å². The lowest BCUT2D eigenvalue weighted by Crippen LogP contribution is -2.43. The predicted octanol–water partition coefficient (Wildman–Crippen LogP) is 4.24. The first-order chi connectivity index (χ1) is 12.2. The minimum Gasteiger partial charge on any atom is -0.493 e. The second-order valence-electron chi connectivity index (χ2n) is 6.31. The maximum atomic E-state index is 5.59. The highest BCUT2D eigenvalue weighted by Crippen LogP contribution is 2.34. The van der Waals surface area contributed by atoms with Crippen molar-refractivity contribution in [1.29, 1.82) is 0 Å². The zero-order chi connectivity index (χ0) is 17.6. The maximum absolute atomic E-state index is 5.59. The van der Waals surface area contributed by atoms with Crippen molar-refractivity contribution in [2.75, 3.05) is 33.9 Å². The molecular weight excluding hydrogens is 405 g/mol. The molecule has 3 rings (SSSR count). The summed E-state index contributed by atoms with van der Waals surface area (Å²) in [5, 5.41) is 6.59. The van der Waals surface area contributed by atoms with Gasteiger partial charge >= 0.3 is 0 Å². The maximum Gasteiger partial charge on any atom is 0.161 e. The summed E-state index contributed by atoms with van der Waals surface area (Å²) in [5.41, 5.74) is 2.22. The Morgan fingerprint density at radius 3 is 2.81 bits per heavy atom. The average molecular weight is 434 g/mol. The highest BCUT2D eigenvalue weighted by molar-refractivity contribution is 7.13. The molecule has 1 atom stereocenters. The Balaban J connectivity index is 0.00000182. The molecule has 27 heavy (non-hydrogen) atoms. The van der Waals surface area contributed by atoms with Crippen molar-refractivity contribution in [3.8, 4) is 22.1 Å². The number of aromatic nitrogens is 1. The minimum absolute atomic E-state index is 0. The monoisotopic (exact) mass is 433 g/mol. The second-order valence-corrected chi connectivity index (χ2v) is 7.16. The Labute approximate surface area is 178 Å². The van der Waals surface area contributed by atoms with Gasteiger partial charge in [0, 0.05) is 30.1 Å². The number of rotatable bonds is 7. The van der Waals surface area contributed by atoms with Crippen molar-refractivity contribution >= 4 is 36.2 Å². The Morgan fingerprint density at radius 2 is 2.11 bits per heavy atom. The lowest BCUT2D eigenvalue weighted by atomic mass is 10.1. The van der Waals surface area contributed by atoms with Gasteiger partial charge in [-0.15, -0.1) is 36.2 Å². The van der Waals surface area contributed by atoms with Gasteiger partial charge in [0.15, 0.2) is 11.5 Å². The van der Waals surface area contributed by atoms with Crippen molar-refractivity contribution < 1.29 is 9.47 Å². The topological polar surface area (TPSA) is 46.6 Å². The third-order valence-electron chi connectivity index (χ3n) is 4.56. The van der Waals surface area contributed by atoms with Gasteiger partial charge < -0.3 is 14.8 Å². The summed E-state index contributed by atoms with van der Waals surface area (Å²) in [4.78, 5) is 7.32. The van der Waals surface area contributed by atoms with Gasteiger partial charge in [0.25, 0.3) is 0 Å². The summed E-state index contributed by atoms with van der Waals surface area (Å²) in [5.74, 6) is 1.53. The smallest absolute Gasteiger partial charge is 0.161 e. The number of hydrogen-bond donors (Lipinski definition) is 1. The number of likely N-dealkylation sites (N-methyl/N-ethyl adjacent to an activating group) is 1. The quantitative estimate of drug-likeness (QED) is 0.706. The third kappa shape index (κ3) is 6.22. The van der Waals surface area contributed by atoms with Crippen molar-refractivity contribution in [2.24, 2.45) is 0 Å². The lowest BCUT2D eigenvalue weighted by Gasteiger charge is -2.31. The van der Waals surface area contributed by atoms with Gasteiger partial charge in [0.05, 0.1) is 19.4 Å². The van der Waals surface area contributed by atoms with E-state index in [2.05, 4.69) is 22.6 Å². The molecule has 152 valence electrons. The van der Waals surface area contributed by atoms with Gasteiger partial charge in [-0.2, -0.15) is 0 Å². The number of piperidine rings is 1. The summed E-state index contributed by atoms with van der Waals surface area (Å²) < 4.78 is 11.0. The molecule has 1 unspecified atom stereocenters.